The zero-order valence-electron chi connectivity index (χ0n) is 10.9. The number of hydrogen-bond acceptors (Lipinski definition) is 1. The molecule has 0 amide bonds. The zero-order chi connectivity index (χ0) is 12.4. The Morgan fingerprint density at radius 1 is 1.00 bits per heavy atom. The lowest BCUT2D eigenvalue weighted by Gasteiger charge is -2.27. The fourth-order valence-corrected chi connectivity index (χ4v) is 2.75. The van der Waals surface area contributed by atoms with Crippen molar-refractivity contribution in [2.75, 3.05) is 0 Å². The van der Waals surface area contributed by atoms with Crippen molar-refractivity contribution in [3.05, 3.63) is 42.0 Å². The second-order valence-corrected chi connectivity index (χ2v) is 5.34. The van der Waals surface area contributed by atoms with Crippen LogP contribution in [-0.2, 0) is 0 Å². The first-order valence-corrected chi connectivity index (χ1v) is 6.54. The summed E-state index contributed by atoms with van der Waals surface area (Å²) in [5.41, 5.74) is 2.69. The molecule has 0 fully saturated rings. The topological polar surface area (TPSA) is 20.2 Å². The van der Waals surface area contributed by atoms with Gasteiger partial charge in [-0.1, -0.05) is 57.2 Å². The van der Waals surface area contributed by atoms with E-state index >= 15 is 0 Å². The Labute approximate surface area is 104 Å². The van der Waals surface area contributed by atoms with Crippen LogP contribution in [0.2, 0.25) is 0 Å². The van der Waals surface area contributed by atoms with Crippen molar-refractivity contribution in [2.24, 2.45) is 17.8 Å². The Hall–Kier alpha value is -1.08. The highest BCUT2D eigenvalue weighted by Gasteiger charge is 2.29. The zero-order valence-corrected chi connectivity index (χ0v) is 10.9. The SMILES string of the molecule is C[C@H]1[C@H](C)[C@@H](O)CC=C(c2ccccc2)[C@H]1C. The molecule has 1 nitrogen and oxygen atoms in total. The number of hydrogen-bond donors (Lipinski definition) is 1. The highest BCUT2D eigenvalue weighted by atomic mass is 16.3. The Morgan fingerprint density at radius 3 is 2.29 bits per heavy atom. The largest absolute Gasteiger partial charge is 0.393 e. The van der Waals surface area contributed by atoms with Gasteiger partial charge < -0.3 is 5.11 Å². The third-order valence-electron chi connectivity index (χ3n) is 4.40. The lowest BCUT2D eigenvalue weighted by molar-refractivity contribution is 0.0848. The van der Waals surface area contributed by atoms with Crippen molar-refractivity contribution in [3.63, 3.8) is 0 Å². The summed E-state index contributed by atoms with van der Waals surface area (Å²) in [7, 11) is 0. The minimum Gasteiger partial charge on any atom is -0.393 e. The summed E-state index contributed by atoms with van der Waals surface area (Å²) < 4.78 is 0. The van der Waals surface area contributed by atoms with Gasteiger partial charge in [0.05, 0.1) is 6.10 Å². The first-order chi connectivity index (χ1) is 8.11. The molecule has 1 N–H and O–H groups in total. The minimum atomic E-state index is -0.200. The van der Waals surface area contributed by atoms with E-state index in [1.807, 2.05) is 6.07 Å². The predicted molar refractivity (Wildman–Crippen MR) is 72.5 cm³/mol. The first-order valence-electron chi connectivity index (χ1n) is 6.54. The number of aliphatic hydroxyl groups excluding tert-OH is 1. The summed E-state index contributed by atoms with van der Waals surface area (Å²) in [4.78, 5) is 0. The van der Waals surface area contributed by atoms with Gasteiger partial charge in [0, 0.05) is 0 Å². The van der Waals surface area contributed by atoms with Crippen LogP contribution in [0.5, 0.6) is 0 Å². The van der Waals surface area contributed by atoms with Gasteiger partial charge in [-0.25, -0.2) is 0 Å². The molecule has 0 heterocycles. The van der Waals surface area contributed by atoms with Crippen molar-refractivity contribution >= 4 is 5.57 Å². The van der Waals surface area contributed by atoms with E-state index in [2.05, 4.69) is 51.1 Å². The second kappa shape index (κ2) is 5.05. The molecule has 0 aromatic heterocycles. The molecular weight excluding hydrogens is 208 g/mol. The number of rotatable bonds is 1. The van der Waals surface area contributed by atoms with Crippen molar-refractivity contribution in [1.82, 2.24) is 0 Å². The van der Waals surface area contributed by atoms with E-state index in [0.29, 0.717) is 17.8 Å². The van der Waals surface area contributed by atoms with Gasteiger partial charge in [-0.15, -0.1) is 0 Å². The molecular formula is C16H22O. The minimum absolute atomic E-state index is 0.200. The van der Waals surface area contributed by atoms with Gasteiger partial charge in [0.15, 0.2) is 0 Å². The number of allylic oxidation sites excluding steroid dienone is 1. The van der Waals surface area contributed by atoms with Gasteiger partial charge in [-0.3, -0.25) is 0 Å². The predicted octanol–water partition coefficient (Wildman–Crippen LogP) is 3.74. The Bertz CT molecular complexity index is 393. The average molecular weight is 230 g/mol. The molecule has 1 aromatic rings. The van der Waals surface area contributed by atoms with Crippen molar-refractivity contribution in [3.8, 4) is 0 Å². The molecule has 92 valence electrons. The highest BCUT2D eigenvalue weighted by molar-refractivity contribution is 5.67. The molecule has 0 spiro atoms. The Balaban J connectivity index is 2.34. The maximum absolute atomic E-state index is 10.1. The quantitative estimate of drug-likeness (QED) is 0.779. The third-order valence-corrected chi connectivity index (χ3v) is 4.40. The van der Waals surface area contributed by atoms with E-state index in [9.17, 15) is 5.11 Å². The molecule has 2 rings (SSSR count). The molecule has 0 bridgehead atoms. The summed E-state index contributed by atoms with van der Waals surface area (Å²) >= 11 is 0. The molecule has 4 atom stereocenters. The summed E-state index contributed by atoms with van der Waals surface area (Å²) in [6.07, 6.45) is 2.80. The van der Waals surface area contributed by atoms with Crippen LogP contribution >= 0.6 is 0 Å². The monoisotopic (exact) mass is 230 g/mol. The van der Waals surface area contributed by atoms with Gasteiger partial charge in [0.2, 0.25) is 0 Å². The molecule has 0 saturated heterocycles. The number of benzene rings is 1. The normalized spacial score (nSPS) is 34.0. The van der Waals surface area contributed by atoms with Crippen LogP contribution in [0.1, 0.15) is 32.8 Å². The lowest BCUT2D eigenvalue weighted by Crippen LogP contribution is -2.25. The average Bonchev–Trinajstić information content (AvgIpc) is 2.45. The van der Waals surface area contributed by atoms with Crippen molar-refractivity contribution in [2.45, 2.75) is 33.3 Å². The van der Waals surface area contributed by atoms with Crippen LogP contribution < -0.4 is 0 Å². The summed E-state index contributed by atoms with van der Waals surface area (Å²) in [5.74, 6) is 1.38. The maximum atomic E-state index is 10.1. The van der Waals surface area contributed by atoms with E-state index in [-0.39, 0.29) is 6.10 Å². The number of aliphatic hydroxyl groups is 1. The molecule has 0 radical (unpaired) electrons. The van der Waals surface area contributed by atoms with Gasteiger partial charge in [0.25, 0.3) is 0 Å². The Kier molecular flexibility index (Phi) is 3.68. The van der Waals surface area contributed by atoms with Gasteiger partial charge in [-0.2, -0.15) is 0 Å². The molecule has 0 unspecified atom stereocenters. The van der Waals surface area contributed by atoms with E-state index in [1.165, 1.54) is 11.1 Å². The molecule has 17 heavy (non-hydrogen) atoms. The fourth-order valence-electron chi connectivity index (χ4n) is 2.75. The molecule has 1 heteroatoms. The second-order valence-electron chi connectivity index (χ2n) is 5.34. The Morgan fingerprint density at radius 2 is 1.65 bits per heavy atom. The van der Waals surface area contributed by atoms with E-state index in [0.717, 1.165) is 6.42 Å². The molecule has 1 aromatic carbocycles. The first kappa shape index (κ1) is 12.4. The smallest absolute Gasteiger partial charge is 0.0603 e. The maximum Gasteiger partial charge on any atom is 0.0603 e. The molecule has 1 aliphatic rings. The molecule has 1 aliphatic carbocycles. The standard InChI is InChI=1S/C16H22O/c1-11-12(2)15(9-10-16(17)13(11)3)14-7-5-4-6-8-14/h4-9,11-13,16-17H,10H2,1-3H3/t11-,12+,13+,16+/m1/s1. The summed E-state index contributed by atoms with van der Waals surface area (Å²) in [6.45, 7) is 6.69. The van der Waals surface area contributed by atoms with Gasteiger partial charge in [-0.05, 0) is 35.3 Å². The fraction of sp³-hybridized carbons (Fsp3) is 0.500. The molecule has 0 aliphatic heterocycles. The van der Waals surface area contributed by atoms with Crippen LogP contribution in [0.15, 0.2) is 36.4 Å². The van der Waals surface area contributed by atoms with Crippen LogP contribution in [0, 0.1) is 17.8 Å². The van der Waals surface area contributed by atoms with Gasteiger partial charge >= 0.3 is 0 Å². The van der Waals surface area contributed by atoms with Gasteiger partial charge in [0.1, 0.15) is 0 Å². The van der Waals surface area contributed by atoms with Crippen LogP contribution in [0.25, 0.3) is 5.57 Å². The highest BCUT2D eigenvalue weighted by Crippen LogP contribution is 2.37. The van der Waals surface area contributed by atoms with Crippen LogP contribution in [0.3, 0.4) is 0 Å². The van der Waals surface area contributed by atoms with Crippen LogP contribution in [-0.4, -0.2) is 11.2 Å². The molecule has 0 saturated carbocycles. The van der Waals surface area contributed by atoms with E-state index in [4.69, 9.17) is 0 Å². The lowest BCUT2D eigenvalue weighted by atomic mass is 9.79. The van der Waals surface area contributed by atoms with E-state index in [1.54, 1.807) is 0 Å². The van der Waals surface area contributed by atoms with Crippen LogP contribution in [0.4, 0.5) is 0 Å². The van der Waals surface area contributed by atoms with E-state index < -0.39 is 0 Å². The van der Waals surface area contributed by atoms with Crippen molar-refractivity contribution < 1.29 is 5.11 Å². The van der Waals surface area contributed by atoms with Crippen molar-refractivity contribution in [1.29, 1.82) is 0 Å². The summed E-state index contributed by atoms with van der Waals surface area (Å²) in [5, 5.41) is 10.1. The summed E-state index contributed by atoms with van der Waals surface area (Å²) in [6, 6.07) is 10.5. The third kappa shape index (κ3) is 2.44.